The first-order valence-electron chi connectivity index (χ1n) is 10.2. The fraction of sp³-hybridized carbons (Fsp3) is 0.455. The van der Waals surface area contributed by atoms with Crippen molar-refractivity contribution < 1.29 is 18.0 Å². The molecule has 1 saturated heterocycles. The molecule has 0 spiro atoms. The maximum atomic E-state index is 12.8. The van der Waals surface area contributed by atoms with Crippen molar-refractivity contribution in [3.05, 3.63) is 69.6 Å². The number of carbonyl (C=O) groups excluding carboxylic acids is 1. The van der Waals surface area contributed by atoms with Gasteiger partial charge in [0.15, 0.2) is 0 Å². The quantitative estimate of drug-likeness (QED) is 0.776. The van der Waals surface area contributed by atoms with Gasteiger partial charge in [-0.2, -0.15) is 13.2 Å². The molecule has 1 aliphatic heterocycles. The number of nitrogens with one attached hydrogen (secondary N) is 1. The summed E-state index contributed by atoms with van der Waals surface area (Å²) in [6, 6.07) is 9.46. The topological polar surface area (TPSA) is 54.3 Å². The number of rotatable bonds is 6. The van der Waals surface area contributed by atoms with Gasteiger partial charge in [-0.1, -0.05) is 37.1 Å². The summed E-state index contributed by atoms with van der Waals surface area (Å²) >= 11 is 0. The van der Waals surface area contributed by atoms with E-state index in [9.17, 15) is 22.8 Å². The second-order valence-electron chi connectivity index (χ2n) is 7.67. The normalized spacial score (nSPS) is 15.6. The number of hydrogen-bond donors (Lipinski definition) is 1. The molecule has 2 heterocycles. The standard InChI is InChI=1S/C22H26F3N3O2/c23-22(24,25)19-9-10-21(30)28(15-19)16-20(29)26-13-17-5-7-18(8-6-17)14-27-11-3-1-2-4-12-27/h5-10,15H,1-4,11-14,16H2,(H,26,29). The first-order chi connectivity index (χ1) is 14.3. The lowest BCUT2D eigenvalue weighted by Gasteiger charge is -2.19. The summed E-state index contributed by atoms with van der Waals surface area (Å²) in [6.07, 6.45) is 1.15. The molecule has 1 aliphatic rings. The van der Waals surface area contributed by atoms with Crippen molar-refractivity contribution in [1.82, 2.24) is 14.8 Å². The minimum Gasteiger partial charge on any atom is -0.350 e. The molecule has 5 nitrogen and oxygen atoms in total. The number of aromatic nitrogens is 1. The van der Waals surface area contributed by atoms with Crippen LogP contribution in [0.4, 0.5) is 13.2 Å². The van der Waals surface area contributed by atoms with Crippen LogP contribution in [0.2, 0.25) is 0 Å². The van der Waals surface area contributed by atoms with Crippen molar-refractivity contribution in [3.8, 4) is 0 Å². The largest absolute Gasteiger partial charge is 0.417 e. The van der Waals surface area contributed by atoms with E-state index in [1.54, 1.807) is 0 Å². The number of amides is 1. The highest BCUT2D eigenvalue weighted by molar-refractivity contribution is 5.75. The summed E-state index contributed by atoms with van der Waals surface area (Å²) < 4.78 is 39.1. The molecule has 8 heteroatoms. The van der Waals surface area contributed by atoms with Crippen molar-refractivity contribution >= 4 is 5.91 Å². The fourth-order valence-electron chi connectivity index (χ4n) is 3.55. The highest BCUT2D eigenvalue weighted by Gasteiger charge is 2.31. The number of halogens is 3. The molecule has 1 aromatic heterocycles. The zero-order valence-corrected chi connectivity index (χ0v) is 16.8. The molecule has 2 aromatic rings. The van der Waals surface area contributed by atoms with Crippen molar-refractivity contribution in [2.24, 2.45) is 0 Å². The fourth-order valence-corrected chi connectivity index (χ4v) is 3.55. The van der Waals surface area contributed by atoms with Gasteiger partial charge in [0, 0.05) is 25.4 Å². The van der Waals surface area contributed by atoms with E-state index in [1.807, 2.05) is 24.3 Å². The number of benzene rings is 1. The lowest BCUT2D eigenvalue weighted by molar-refractivity contribution is -0.138. The highest BCUT2D eigenvalue weighted by atomic mass is 19.4. The molecular formula is C22H26F3N3O2. The monoisotopic (exact) mass is 421 g/mol. The molecule has 0 atom stereocenters. The molecule has 0 radical (unpaired) electrons. The number of likely N-dealkylation sites (tertiary alicyclic amines) is 1. The number of hydrogen-bond acceptors (Lipinski definition) is 3. The van der Waals surface area contributed by atoms with E-state index in [4.69, 9.17) is 0 Å². The third-order valence-corrected chi connectivity index (χ3v) is 5.24. The summed E-state index contributed by atoms with van der Waals surface area (Å²) in [5, 5.41) is 2.65. The van der Waals surface area contributed by atoms with Crippen LogP contribution in [0.5, 0.6) is 0 Å². The van der Waals surface area contributed by atoms with Gasteiger partial charge in [0.25, 0.3) is 5.56 Å². The van der Waals surface area contributed by atoms with E-state index in [0.29, 0.717) is 12.3 Å². The van der Waals surface area contributed by atoms with Gasteiger partial charge in [-0.3, -0.25) is 14.5 Å². The molecule has 0 saturated carbocycles. The lowest BCUT2D eigenvalue weighted by atomic mass is 10.1. The number of carbonyl (C=O) groups is 1. The van der Waals surface area contributed by atoms with E-state index < -0.39 is 29.8 Å². The van der Waals surface area contributed by atoms with E-state index in [-0.39, 0.29) is 6.54 Å². The molecule has 1 aromatic carbocycles. The van der Waals surface area contributed by atoms with Gasteiger partial charge in [0.05, 0.1) is 5.56 Å². The zero-order chi connectivity index (χ0) is 21.6. The summed E-state index contributed by atoms with van der Waals surface area (Å²) in [5.74, 6) is -0.523. The number of pyridine rings is 1. The predicted molar refractivity (Wildman–Crippen MR) is 108 cm³/mol. The molecule has 1 amide bonds. The summed E-state index contributed by atoms with van der Waals surface area (Å²) in [6.45, 7) is 2.93. The lowest BCUT2D eigenvalue weighted by Crippen LogP contribution is -2.32. The van der Waals surface area contributed by atoms with Gasteiger partial charge in [0.2, 0.25) is 5.91 Å². The van der Waals surface area contributed by atoms with Gasteiger partial charge >= 0.3 is 6.18 Å². The van der Waals surface area contributed by atoms with Crippen LogP contribution in [0.25, 0.3) is 0 Å². The van der Waals surface area contributed by atoms with Crippen LogP contribution in [-0.4, -0.2) is 28.5 Å². The number of alkyl halides is 3. The minimum absolute atomic E-state index is 0.247. The number of nitrogens with zero attached hydrogens (tertiary/aromatic N) is 2. The van der Waals surface area contributed by atoms with Crippen molar-refractivity contribution in [1.29, 1.82) is 0 Å². The molecule has 30 heavy (non-hydrogen) atoms. The van der Waals surface area contributed by atoms with Crippen LogP contribution in [0.3, 0.4) is 0 Å². The maximum absolute atomic E-state index is 12.8. The minimum atomic E-state index is -4.57. The van der Waals surface area contributed by atoms with Crippen LogP contribution < -0.4 is 10.9 Å². The Balaban J connectivity index is 1.52. The Labute approximate surface area is 173 Å². The van der Waals surface area contributed by atoms with Crippen LogP contribution in [0.1, 0.15) is 42.4 Å². The second kappa shape index (κ2) is 9.93. The van der Waals surface area contributed by atoms with Gasteiger partial charge in [-0.25, -0.2) is 0 Å². The predicted octanol–water partition coefficient (Wildman–Crippen LogP) is 3.56. The van der Waals surface area contributed by atoms with Crippen molar-refractivity contribution in [2.45, 2.75) is 51.5 Å². The summed E-state index contributed by atoms with van der Waals surface area (Å²) in [7, 11) is 0. The summed E-state index contributed by atoms with van der Waals surface area (Å²) in [4.78, 5) is 26.3. The first-order valence-corrected chi connectivity index (χ1v) is 10.2. The van der Waals surface area contributed by atoms with E-state index in [0.717, 1.165) is 35.8 Å². The van der Waals surface area contributed by atoms with E-state index in [2.05, 4.69) is 10.2 Å². The second-order valence-corrected chi connectivity index (χ2v) is 7.67. The smallest absolute Gasteiger partial charge is 0.350 e. The SMILES string of the molecule is O=C(Cn1cc(C(F)(F)F)ccc1=O)NCc1ccc(CN2CCCCCC2)cc1. The molecule has 1 N–H and O–H groups in total. The summed E-state index contributed by atoms with van der Waals surface area (Å²) in [5.41, 5.74) is 0.479. The maximum Gasteiger partial charge on any atom is 0.417 e. The Morgan fingerprint density at radius 1 is 0.933 bits per heavy atom. The molecule has 0 aliphatic carbocycles. The molecular weight excluding hydrogens is 395 g/mol. The highest BCUT2D eigenvalue weighted by Crippen LogP contribution is 2.28. The average molecular weight is 421 g/mol. The van der Waals surface area contributed by atoms with Crippen molar-refractivity contribution in [3.63, 3.8) is 0 Å². The van der Waals surface area contributed by atoms with Crippen LogP contribution in [0.15, 0.2) is 47.4 Å². The van der Waals surface area contributed by atoms with Gasteiger partial charge < -0.3 is 9.88 Å². The van der Waals surface area contributed by atoms with E-state index in [1.165, 1.54) is 31.2 Å². The Kier molecular flexibility index (Phi) is 7.31. The van der Waals surface area contributed by atoms with Crippen LogP contribution >= 0.6 is 0 Å². The molecule has 162 valence electrons. The Hall–Kier alpha value is -2.61. The molecule has 3 rings (SSSR count). The zero-order valence-electron chi connectivity index (χ0n) is 16.8. The molecule has 0 unspecified atom stereocenters. The average Bonchev–Trinajstić information content (AvgIpc) is 2.97. The van der Waals surface area contributed by atoms with Crippen LogP contribution in [0, 0.1) is 0 Å². The van der Waals surface area contributed by atoms with Gasteiger partial charge in [-0.15, -0.1) is 0 Å². The third kappa shape index (κ3) is 6.45. The molecule has 0 bridgehead atoms. The van der Waals surface area contributed by atoms with Crippen molar-refractivity contribution in [2.75, 3.05) is 13.1 Å². The molecule has 1 fully saturated rings. The van der Waals surface area contributed by atoms with Crippen LogP contribution in [-0.2, 0) is 30.6 Å². The van der Waals surface area contributed by atoms with E-state index >= 15 is 0 Å². The Morgan fingerprint density at radius 2 is 1.57 bits per heavy atom. The Morgan fingerprint density at radius 3 is 2.20 bits per heavy atom. The van der Waals surface area contributed by atoms with Gasteiger partial charge in [-0.05, 0) is 43.1 Å². The van der Waals surface area contributed by atoms with Gasteiger partial charge in [0.1, 0.15) is 6.54 Å². The first kappa shape index (κ1) is 22.1. The Bertz CT molecular complexity index is 899. The third-order valence-electron chi connectivity index (χ3n) is 5.24.